The van der Waals surface area contributed by atoms with E-state index in [1.807, 2.05) is 30.3 Å². The number of carbonyl (C=O) groups is 1. The first-order valence-electron chi connectivity index (χ1n) is 8.58. The lowest BCUT2D eigenvalue weighted by Gasteiger charge is -2.09. The van der Waals surface area contributed by atoms with E-state index in [4.69, 9.17) is 4.74 Å². The Kier molecular flexibility index (Phi) is 4.80. The van der Waals surface area contributed by atoms with Gasteiger partial charge in [-0.2, -0.15) is 0 Å². The third kappa shape index (κ3) is 3.52. The number of fused-ring (bicyclic) bond motifs is 1. The normalized spacial score (nSPS) is 10.7. The fourth-order valence-electron chi connectivity index (χ4n) is 2.84. The first-order valence-corrected chi connectivity index (χ1v) is 9.46. The molecule has 0 aliphatic carbocycles. The summed E-state index contributed by atoms with van der Waals surface area (Å²) in [7, 11) is 0. The molecule has 0 bridgehead atoms. The molecule has 2 heterocycles. The summed E-state index contributed by atoms with van der Waals surface area (Å²) in [5.41, 5.74) is 3.59. The number of thiophene rings is 1. The Morgan fingerprint density at radius 3 is 2.59 bits per heavy atom. The van der Waals surface area contributed by atoms with Crippen molar-refractivity contribution in [1.29, 1.82) is 0 Å². The molecular weight excluding hydrogens is 358 g/mol. The van der Waals surface area contributed by atoms with Crippen LogP contribution in [0.4, 0.5) is 11.5 Å². The van der Waals surface area contributed by atoms with Gasteiger partial charge in [0.1, 0.15) is 17.0 Å². The van der Waals surface area contributed by atoms with Gasteiger partial charge < -0.3 is 10.1 Å². The van der Waals surface area contributed by atoms with Crippen molar-refractivity contribution in [3.05, 3.63) is 71.9 Å². The Bertz CT molecular complexity index is 1080. The van der Waals surface area contributed by atoms with Crippen molar-refractivity contribution in [3.63, 3.8) is 0 Å². The van der Waals surface area contributed by atoms with Crippen molar-refractivity contribution in [3.8, 4) is 11.1 Å². The van der Waals surface area contributed by atoms with Crippen LogP contribution in [0.3, 0.4) is 0 Å². The molecule has 1 N–H and O–H groups in total. The molecule has 0 aliphatic rings. The lowest BCUT2D eigenvalue weighted by molar-refractivity contribution is 0.0526. The van der Waals surface area contributed by atoms with E-state index >= 15 is 0 Å². The van der Waals surface area contributed by atoms with Crippen LogP contribution in [0.1, 0.15) is 17.3 Å². The van der Waals surface area contributed by atoms with Crippen LogP contribution >= 0.6 is 11.3 Å². The average molecular weight is 375 g/mol. The highest BCUT2D eigenvalue weighted by atomic mass is 32.1. The number of ether oxygens (including phenoxy) is 1. The molecule has 6 heteroatoms. The van der Waals surface area contributed by atoms with Gasteiger partial charge in [0.15, 0.2) is 0 Å². The lowest BCUT2D eigenvalue weighted by atomic mass is 10.1. The van der Waals surface area contributed by atoms with Gasteiger partial charge in [-0.1, -0.05) is 30.3 Å². The molecule has 0 aliphatic heterocycles. The molecule has 27 heavy (non-hydrogen) atoms. The quantitative estimate of drug-likeness (QED) is 0.481. The van der Waals surface area contributed by atoms with Gasteiger partial charge in [0.2, 0.25) is 0 Å². The fourth-order valence-corrected chi connectivity index (χ4v) is 3.76. The molecule has 5 nitrogen and oxygen atoms in total. The van der Waals surface area contributed by atoms with E-state index in [0.29, 0.717) is 12.2 Å². The second-order valence-electron chi connectivity index (χ2n) is 5.84. The number of aromatic nitrogens is 2. The molecule has 0 unspecified atom stereocenters. The summed E-state index contributed by atoms with van der Waals surface area (Å²) in [6, 6.07) is 17.4. The molecule has 0 saturated heterocycles. The predicted octanol–water partition coefficient (Wildman–Crippen LogP) is 5.28. The Morgan fingerprint density at radius 1 is 1.07 bits per heavy atom. The van der Waals surface area contributed by atoms with Gasteiger partial charge >= 0.3 is 5.97 Å². The van der Waals surface area contributed by atoms with E-state index in [0.717, 1.165) is 32.8 Å². The van der Waals surface area contributed by atoms with Gasteiger partial charge in [-0.25, -0.2) is 14.8 Å². The van der Waals surface area contributed by atoms with E-state index in [9.17, 15) is 4.79 Å². The van der Waals surface area contributed by atoms with Crippen molar-refractivity contribution < 1.29 is 9.53 Å². The number of hydrogen-bond donors (Lipinski definition) is 1. The summed E-state index contributed by atoms with van der Waals surface area (Å²) in [6.07, 6.45) is 1.56. The predicted molar refractivity (Wildman–Crippen MR) is 109 cm³/mol. The molecule has 0 radical (unpaired) electrons. The maximum atomic E-state index is 11.8. The van der Waals surface area contributed by atoms with Crippen molar-refractivity contribution in [2.45, 2.75) is 6.92 Å². The highest BCUT2D eigenvalue weighted by Gasteiger charge is 2.13. The maximum Gasteiger partial charge on any atom is 0.338 e. The van der Waals surface area contributed by atoms with Crippen molar-refractivity contribution >= 4 is 39.0 Å². The van der Waals surface area contributed by atoms with Crippen molar-refractivity contribution in [1.82, 2.24) is 9.97 Å². The first kappa shape index (κ1) is 17.2. The number of carbonyl (C=O) groups excluding carboxylic acids is 1. The molecule has 0 saturated carbocycles. The Labute approximate surface area is 160 Å². The maximum absolute atomic E-state index is 11.8. The van der Waals surface area contributed by atoms with Gasteiger partial charge in [-0.3, -0.25) is 0 Å². The van der Waals surface area contributed by atoms with Crippen LogP contribution in [0, 0.1) is 0 Å². The van der Waals surface area contributed by atoms with E-state index in [-0.39, 0.29) is 5.97 Å². The second-order valence-corrected chi connectivity index (χ2v) is 6.70. The highest BCUT2D eigenvalue weighted by Crippen LogP contribution is 2.37. The summed E-state index contributed by atoms with van der Waals surface area (Å²) >= 11 is 1.59. The van der Waals surface area contributed by atoms with Crippen LogP contribution in [0.2, 0.25) is 0 Å². The van der Waals surface area contributed by atoms with Gasteiger partial charge in [0.25, 0.3) is 0 Å². The Morgan fingerprint density at radius 2 is 1.85 bits per heavy atom. The minimum absolute atomic E-state index is 0.322. The molecule has 0 spiro atoms. The number of hydrogen-bond acceptors (Lipinski definition) is 6. The smallest absolute Gasteiger partial charge is 0.338 e. The molecule has 0 amide bonds. The third-order valence-corrected chi connectivity index (χ3v) is 5.00. The zero-order valence-corrected chi connectivity index (χ0v) is 15.5. The van der Waals surface area contributed by atoms with Gasteiger partial charge in [-0.05, 0) is 36.8 Å². The zero-order chi connectivity index (χ0) is 18.6. The largest absolute Gasteiger partial charge is 0.462 e. The zero-order valence-electron chi connectivity index (χ0n) is 14.7. The topological polar surface area (TPSA) is 64.1 Å². The number of rotatable bonds is 5. The van der Waals surface area contributed by atoms with Crippen LogP contribution in [0.5, 0.6) is 0 Å². The highest BCUT2D eigenvalue weighted by molar-refractivity contribution is 7.17. The minimum atomic E-state index is -0.322. The minimum Gasteiger partial charge on any atom is -0.462 e. The number of anilines is 2. The van der Waals surface area contributed by atoms with Crippen LogP contribution < -0.4 is 5.32 Å². The van der Waals surface area contributed by atoms with Crippen LogP contribution in [-0.4, -0.2) is 22.5 Å². The summed E-state index contributed by atoms with van der Waals surface area (Å²) in [5, 5.41) is 6.43. The summed E-state index contributed by atoms with van der Waals surface area (Å²) in [5.74, 6) is 0.418. The van der Waals surface area contributed by atoms with Crippen LogP contribution in [-0.2, 0) is 4.74 Å². The van der Waals surface area contributed by atoms with Gasteiger partial charge in [0.05, 0.1) is 17.6 Å². The second kappa shape index (κ2) is 7.55. The number of nitrogens with one attached hydrogen (secondary N) is 1. The molecule has 2 aromatic heterocycles. The van der Waals surface area contributed by atoms with Crippen LogP contribution in [0.25, 0.3) is 21.3 Å². The van der Waals surface area contributed by atoms with Gasteiger partial charge in [-0.15, -0.1) is 11.3 Å². The van der Waals surface area contributed by atoms with Gasteiger partial charge in [0, 0.05) is 16.6 Å². The third-order valence-electron chi connectivity index (χ3n) is 4.11. The average Bonchev–Trinajstić information content (AvgIpc) is 3.15. The standard InChI is InChI=1S/C21H17N3O2S/c1-2-26-21(25)15-8-10-16(11-9-15)24-19-18-17(14-6-4-3-5-7-14)12-27-20(18)23-13-22-19/h3-13H,2H2,1H3,(H,22,23,24). The first-order chi connectivity index (χ1) is 13.3. The monoisotopic (exact) mass is 375 g/mol. The summed E-state index contributed by atoms with van der Waals surface area (Å²) in [6.45, 7) is 2.15. The number of nitrogens with zero attached hydrogens (tertiary/aromatic N) is 2. The molecule has 2 aromatic carbocycles. The molecule has 0 fully saturated rings. The number of benzene rings is 2. The Hall–Kier alpha value is -3.25. The molecule has 4 rings (SSSR count). The summed E-state index contributed by atoms with van der Waals surface area (Å²) in [4.78, 5) is 21.6. The summed E-state index contributed by atoms with van der Waals surface area (Å²) < 4.78 is 5.02. The van der Waals surface area contributed by atoms with E-state index < -0.39 is 0 Å². The number of esters is 1. The molecule has 4 aromatic rings. The molecular formula is C21H17N3O2S. The fraction of sp³-hybridized carbons (Fsp3) is 0.0952. The SMILES string of the molecule is CCOC(=O)c1ccc(Nc2ncnc3scc(-c4ccccc4)c23)cc1. The van der Waals surface area contributed by atoms with E-state index in [1.165, 1.54) is 0 Å². The van der Waals surface area contributed by atoms with E-state index in [2.05, 4.69) is 32.8 Å². The van der Waals surface area contributed by atoms with E-state index in [1.54, 1.807) is 36.7 Å². The Balaban J connectivity index is 1.68. The van der Waals surface area contributed by atoms with Crippen LogP contribution in [0.15, 0.2) is 66.3 Å². The van der Waals surface area contributed by atoms with Crippen molar-refractivity contribution in [2.75, 3.05) is 11.9 Å². The lowest BCUT2D eigenvalue weighted by Crippen LogP contribution is -2.04. The molecule has 134 valence electrons. The molecule has 0 atom stereocenters. The van der Waals surface area contributed by atoms with Crippen molar-refractivity contribution in [2.24, 2.45) is 0 Å².